The predicted molar refractivity (Wildman–Crippen MR) is 75.2 cm³/mol. The Labute approximate surface area is 108 Å². The van der Waals surface area contributed by atoms with Crippen LogP contribution in [0.5, 0.6) is 0 Å². The number of aromatic amines is 1. The molecule has 1 N–H and O–H groups in total. The molecule has 0 aliphatic heterocycles. The lowest BCUT2D eigenvalue weighted by Gasteiger charge is -2.01. The Kier molecular flexibility index (Phi) is 1.97. The highest BCUT2D eigenvalue weighted by atomic mass is 16.1. The fourth-order valence-corrected chi connectivity index (χ4v) is 2.54. The maximum absolute atomic E-state index is 12.1. The van der Waals surface area contributed by atoms with Gasteiger partial charge in [0, 0.05) is 11.5 Å². The van der Waals surface area contributed by atoms with Gasteiger partial charge in [0.15, 0.2) is 0 Å². The third-order valence-corrected chi connectivity index (χ3v) is 3.47. The van der Waals surface area contributed by atoms with Gasteiger partial charge in [-0.05, 0) is 17.5 Å². The van der Waals surface area contributed by atoms with Crippen LogP contribution in [0.2, 0.25) is 0 Å². The minimum absolute atomic E-state index is 0.0501. The highest BCUT2D eigenvalue weighted by Crippen LogP contribution is 2.13. The van der Waals surface area contributed by atoms with Gasteiger partial charge in [-0.15, -0.1) is 0 Å². The summed E-state index contributed by atoms with van der Waals surface area (Å²) < 4.78 is 2.03. The molecule has 90 valence electrons. The first kappa shape index (κ1) is 10.3. The average molecular weight is 247 g/mol. The number of rotatable bonds is 0. The number of aromatic nitrogens is 2. The van der Waals surface area contributed by atoms with E-state index < -0.39 is 0 Å². The van der Waals surface area contributed by atoms with Gasteiger partial charge in [0.25, 0.3) is 5.65 Å². The SMILES string of the molecule is O=c1[nH]c2cc3ccccc3c[n+]2c2ccccc12. The van der Waals surface area contributed by atoms with Crippen molar-refractivity contribution in [3.05, 3.63) is 71.1 Å². The molecule has 3 nitrogen and oxygen atoms in total. The quantitative estimate of drug-likeness (QED) is 0.289. The summed E-state index contributed by atoms with van der Waals surface area (Å²) in [6.07, 6.45) is 2.06. The molecule has 0 radical (unpaired) electrons. The second kappa shape index (κ2) is 3.65. The molecule has 0 unspecified atom stereocenters. The van der Waals surface area contributed by atoms with Crippen molar-refractivity contribution in [2.24, 2.45) is 0 Å². The largest absolute Gasteiger partial charge is 0.343 e. The lowest BCUT2D eigenvalue weighted by atomic mass is 10.1. The van der Waals surface area contributed by atoms with E-state index in [1.807, 2.05) is 52.9 Å². The number of nitrogens with one attached hydrogen (secondary N) is 1. The lowest BCUT2D eigenvalue weighted by Crippen LogP contribution is -2.28. The number of pyridine rings is 1. The minimum Gasteiger partial charge on any atom is -0.241 e. The summed E-state index contributed by atoms with van der Waals surface area (Å²) in [6, 6.07) is 17.8. The van der Waals surface area contributed by atoms with Crippen LogP contribution in [0, 0.1) is 0 Å². The van der Waals surface area contributed by atoms with E-state index in [-0.39, 0.29) is 5.56 Å². The molecule has 0 amide bonds. The number of hydrogen-bond acceptors (Lipinski definition) is 1. The first-order chi connectivity index (χ1) is 9.33. The fraction of sp³-hybridized carbons (Fsp3) is 0. The fourth-order valence-electron chi connectivity index (χ4n) is 2.54. The zero-order valence-corrected chi connectivity index (χ0v) is 10.1. The second-order valence-corrected chi connectivity index (χ2v) is 4.63. The number of hydrogen-bond donors (Lipinski definition) is 1. The highest BCUT2D eigenvalue weighted by molar-refractivity contribution is 5.84. The molecule has 3 heteroatoms. The van der Waals surface area contributed by atoms with Gasteiger partial charge in [-0.1, -0.05) is 36.4 Å². The van der Waals surface area contributed by atoms with Crippen molar-refractivity contribution in [1.29, 1.82) is 0 Å². The summed E-state index contributed by atoms with van der Waals surface area (Å²) in [4.78, 5) is 15.0. The van der Waals surface area contributed by atoms with Crippen LogP contribution in [-0.2, 0) is 0 Å². The molecule has 2 aromatic heterocycles. The van der Waals surface area contributed by atoms with Crippen molar-refractivity contribution in [3.8, 4) is 0 Å². The van der Waals surface area contributed by atoms with E-state index in [1.165, 1.54) is 0 Å². The number of benzene rings is 2. The Morgan fingerprint density at radius 1 is 0.895 bits per heavy atom. The molecule has 0 saturated heterocycles. The molecule has 2 heterocycles. The van der Waals surface area contributed by atoms with Gasteiger partial charge in [-0.2, -0.15) is 4.40 Å². The normalized spacial score (nSPS) is 11.4. The van der Waals surface area contributed by atoms with E-state index >= 15 is 0 Å². The number of fused-ring (bicyclic) bond motifs is 4. The van der Waals surface area contributed by atoms with E-state index in [4.69, 9.17) is 0 Å². The zero-order valence-electron chi connectivity index (χ0n) is 10.1. The molecule has 0 saturated carbocycles. The Bertz CT molecular complexity index is 986. The minimum atomic E-state index is -0.0501. The third-order valence-electron chi connectivity index (χ3n) is 3.47. The standard InChI is InChI=1S/C16H10N2O/c19-16-13-7-3-4-8-14(13)18-10-12-6-2-1-5-11(12)9-15(18)17-16/h1-10H/p+1. The highest BCUT2D eigenvalue weighted by Gasteiger charge is 2.11. The van der Waals surface area contributed by atoms with Crippen molar-refractivity contribution in [1.82, 2.24) is 4.98 Å². The van der Waals surface area contributed by atoms with Crippen LogP contribution < -0.4 is 9.96 Å². The van der Waals surface area contributed by atoms with Gasteiger partial charge >= 0.3 is 5.56 Å². The number of H-pyrrole nitrogens is 1. The summed E-state index contributed by atoms with van der Waals surface area (Å²) >= 11 is 0. The summed E-state index contributed by atoms with van der Waals surface area (Å²) in [6.45, 7) is 0. The van der Waals surface area contributed by atoms with Crippen molar-refractivity contribution in [2.75, 3.05) is 0 Å². The molecule has 2 aromatic carbocycles. The summed E-state index contributed by atoms with van der Waals surface area (Å²) in [7, 11) is 0. The Morgan fingerprint density at radius 3 is 2.53 bits per heavy atom. The predicted octanol–water partition coefficient (Wildman–Crippen LogP) is 2.42. The summed E-state index contributed by atoms with van der Waals surface area (Å²) in [5.41, 5.74) is 1.68. The molecule has 0 aliphatic carbocycles. The molecule has 0 atom stereocenters. The molecule has 0 fully saturated rings. The molecule has 4 rings (SSSR count). The van der Waals surface area contributed by atoms with E-state index in [1.54, 1.807) is 0 Å². The smallest absolute Gasteiger partial charge is 0.241 e. The topological polar surface area (TPSA) is 37.0 Å². The molecule has 0 spiro atoms. The van der Waals surface area contributed by atoms with Gasteiger partial charge in [-0.3, -0.25) is 0 Å². The van der Waals surface area contributed by atoms with Crippen LogP contribution in [0.3, 0.4) is 0 Å². The van der Waals surface area contributed by atoms with Gasteiger partial charge in [0.05, 0.1) is 0 Å². The Hall–Kier alpha value is -2.68. The second-order valence-electron chi connectivity index (χ2n) is 4.63. The van der Waals surface area contributed by atoms with Crippen LogP contribution in [0.4, 0.5) is 0 Å². The molecular weight excluding hydrogens is 236 g/mol. The maximum atomic E-state index is 12.1. The van der Waals surface area contributed by atoms with Crippen molar-refractivity contribution in [3.63, 3.8) is 0 Å². The molecule has 19 heavy (non-hydrogen) atoms. The molecule has 0 bridgehead atoms. The van der Waals surface area contributed by atoms with Crippen LogP contribution in [0.1, 0.15) is 0 Å². The van der Waals surface area contributed by atoms with Gasteiger partial charge < -0.3 is 0 Å². The molecule has 4 aromatic rings. The summed E-state index contributed by atoms with van der Waals surface area (Å²) in [5.74, 6) is 0. The van der Waals surface area contributed by atoms with E-state index in [0.717, 1.165) is 21.9 Å². The Morgan fingerprint density at radius 2 is 1.63 bits per heavy atom. The first-order valence-electron chi connectivity index (χ1n) is 6.18. The number of para-hydroxylation sites is 1. The maximum Gasteiger partial charge on any atom is 0.343 e. The van der Waals surface area contributed by atoms with E-state index in [2.05, 4.69) is 17.2 Å². The molecule has 0 aliphatic rings. The van der Waals surface area contributed by atoms with Gasteiger partial charge in [-0.25, -0.2) is 9.78 Å². The monoisotopic (exact) mass is 247 g/mol. The van der Waals surface area contributed by atoms with Crippen molar-refractivity contribution >= 4 is 27.3 Å². The van der Waals surface area contributed by atoms with Crippen LogP contribution >= 0.6 is 0 Å². The average Bonchev–Trinajstić information content (AvgIpc) is 2.46. The van der Waals surface area contributed by atoms with Crippen LogP contribution in [0.15, 0.2) is 65.6 Å². The van der Waals surface area contributed by atoms with Crippen molar-refractivity contribution < 1.29 is 4.40 Å². The van der Waals surface area contributed by atoms with Gasteiger partial charge in [0.1, 0.15) is 17.1 Å². The van der Waals surface area contributed by atoms with Gasteiger partial charge in [0.2, 0.25) is 0 Å². The third kappa shape index (κ3) is 1.45. The molecular formula is C16H11N2O+. The van der Waals surface area contributed by atoms with Crippen molar-refractivity contribution in [2.45, 2.75) is 0 Å². The Balaban J connectivity index is 2.32. The van der Waals surface area contributed by atoms with Crippen LogP contribution in [0.25, 0.3) is 27.3 Å². The number of nitrogens with zero attached hydrogens (tertiary/aromatic N) is 1. The van der Waals surface area contributed by atoms with E-state index in [9.17, 15) is 4.79 Å². The first-order valence-corrected chi connectivity index (χ1v) is 6.18. The summed E-state index contributed by atoms with van der Waals surface area (Å²) in [5, 5.41) is 2.97. The zero-order chi connectivity index (χ0) is 12.8. The van der Waals surface area contributed by atoms with E-state index in [0.29, 0.717) is 5.39 Å². The lowest BCUT2D eigenvalue weighted by molar-refractivity contribution is -0.482. The van der Waals surface area contributed by atoms with Crippen LogP contribution in [-0.4, -0.2) is 4.98 Å².